The molecule has 130 valence electrons. The Morgan fingerprint density at radius 1 is 1.00 bits per heavy atom. The Balaban J connectivity index is 1.80. The Kier molecular flexibility index (Phi) is 4.44. The molecule has 0 aliphatic rings. The molecule has 0 spiro atoms. The van der Waals surface area contributed by atoms with Gasteiger partial charge in [0.2, 0.25) is 0 Å². The zero-order valence-electron chi connectivity index (χ0n) is 13.3. The molecule has 4 rings (SSSR count). The molecule has 0 unspecified atom stereocenters. The van der Waals surface area contributed by atoms with Crippen molar-refractivity contribution in [1.82, 2.24) is 14.6 Å². The second kappa shape index (κ2) is 6.89. The third-order valence-electron chi connectivity index (χ3n) is 3.85. The van der Waals surface area contributed by atoms with E-state index in [0.29, 0.717) is 5.65 Å². The normalized spacial score (nSPS) is 11.2. The first-order valence-electron chi connectivity index (χ1n) is 7.73. The molecule has 0 saturated carbocycles. The number of fused-ring (bicyclic) bond motifs is 1. The molecule has 2 aromatic heterocycles. The maximum absolute atomic E-state index is 11.0. The topological polar surface area (TPSA) is 76.4 Å². The zero-order valence-corrected chi connectivity index (χ0v) is 15.8. The number of rotatable bonds is 4. The van der Waals surface area contributed by atoms with Gasteiger partial charge in [0, 0.05) is 17.3 Å². The maximum Gasteiger partial charge on any atom is 0.172 e. The van der Waals surface area contributed by atoms with Crippen molar-refractivity contribution in [3.8, 4) is 11.3 Å². The lowest BCUT2D eigenvalue weighted by atomic mass is 10.1. The quantitative estimate of drug-likeness (QED) is 0.482. The maximum atomic E-state index is 11.0. The standard InChI is InChI=1S/C18H13BrN4O2S/c19-15-11-20-23-17(21-13-6-8-14(9-7-13)26(24)25)10-16(22-18(15)23)12-4-2-1-3-5-12/h1-11,21,26H. The molecule has 4 aromatic rings. The van der Waals surface area contributed by atoms with Crippen LogP contribution in [0, 0.1) is 0 Å². The number of anilines is 2. The van der Waals surface area contributed by atoms with Crippen LogP contribution in [-0.4, -0.2) is 23.0 Å². The highest BCUT2D eigenvalue weighted by Gasteiger charge is 2.11. The van der Waals surface area contributed by atoms with Gasteiger partial charge in [-0.3, -0.25) is 0 Å². The monoisotopic (exact) mass is 428 g/mol. The highest BCUT2D eigenvalue weighted by molar-refractivity contribution is 9.10. The molecule has 0 atom stereocenters. The minimum Gasteiger partial charge on any atom is -0.340 e. The van der Waals surface area contributed by atoms with Gasteiger partial charge in [0.15, 0.2) is 16.4 Å². The highest BCUT2D eigenvalue weighted by atomic mass is 79.9. The van der Waals surface area contributed by atoms with E-state index in [9.17, 15) is 8.42 Å². The fraction of sp³-hybridized carbons (Fsp3) is 0. The number of aromatic nitrogens is 3. The molecule has 26 heavy (non-hydrogen) atoms. The summed E-state index contributed by atoms with van der Waals surface area (Å²) in [6.07, 6.45) is 1.69. The van der Waals surface area contributed by atoms with Crippen molar-refractivity contribution in [3.05, 3.63) is 71.3 Å². The van der Waals surface area contributed by atoms with Crippen molar-refractivity contribution >= 4 is 43.8 Å². The van der Waals surface area contributed by atoms with E-state index in [0.717, 1.165) is 27.2 Å². The molecule has 0 aliphatic heterocycles. The van der Waals surface area contributed by atoms with Crippen molar-refractivity contribution in [2.45, 2.75) is 4.90 Å². The molecule has 0 amide bonds. The fourth-order valence-electron chi connectivity index (χ4n) is 2.60. The predicted octanol–water partition coefficient (Wildman–Crippen LogP) is 3.87. The van der Waals surface area contributed by atoms with E-state index in [4.69, 9.17) is 0 Å². The molecule has 2 aromatic carbocycles. The third-order valence-corrected chi connectivity index (χ3v) is 5.13. The smallest absolute Gasteiger partial charge is 0.172 e. The van der Waals surface area contributed by atoms with E-state index < -0.39 is 10.7 Å². The zero-order chi connectivity index (χ0) is 18.1. The molecule has 2 heterocycles. The van der Waals surface area contributed by atoms with Crippen molar-refractivity contribution in [2.24, 2.45) is 0 Å². The van der Waals surface area contributed by atoms with Gasteiger partial charge in [0.25, 0.3) is 0 Å². The van der Waals surface area contributed by atoms with Crippen molar-refractivity contribution in [2.75, 3.05) is 5.32 Å². The first-order chi connectivity index (χ1) is 12.6. The summed E-state index contributed by atoms with van der Waals surface area (Å²) in [6, 6.07) is 18.3. The average molecular weight is 429 g/mol. The lowest BCUT2D eigenvalue weighted by Crippen LogP contribution is -2.02. The van der Waals surface area contributed by atoms with Crippen LogP contribution in [0.2, 0.25) is 0 Å². The van der Waals surface area contributed by atoms with Crippen LogP contribution in [-0.2, 0) is 10.7 Å². The summed E-state index contributed by atoms with van der Waals surface area (Å²) in [5.74, 6) is 0.721. The van der Waals surface area contributed by atoms with Gasteiger partial charge in [0.05, 0.1) is 21.3 Å². The summed E-state index contributed by atoms with van der Waals surface area (Å²) in [4.78, 5) is 4.95. The summed E-state index contributed by atoms with van der Waals surface area (Å²) < 4.78 is 24.6. The summed E-state index contributed by atoms with van der Waals surface area (Å²) >= 11 is 3.48. The van der Waals surface area contributed by atoms with Gasteiger partial charge >= 0.3 is 0 Å². The number of benzene rings is 2. The van der Waals surface area contributed by atoms with Crippen LogP contribution in [0.4, 0.5) is 11.5 Å². The van der Waals surface area contributed by atoms with E-state index in [1.807, 2.05) is 36.4 Å². The molecular weight excluding hydrogens is 416 g/mol. The first kappa shape index (κ1) is 16.7. The summed E-state index contributed by atoms with van der Waals surface area (Å²) in [7, 11) is -2.59. The fourth-order valence-corrected chi connectivity index (χ4v) is 3.34. The van der Waals surface area contributed by atoms with Crippen LogP contribution in [0.15, 0.2) is 76.2 Å². The molecule has 8 heteroatoms. The highest BCUT2D eigenvalue weighted by Crippen LogP contribution is 2.27. The second-order valence-corrected chi connectivity index (χ2v) is 7.43. The van der Waals surface area contributed by atoms with E-state index >= 15 is 0 Å². The van der Waals surface area contributed by atoms with Gasteiger partial charge in [-0.05, 0) is 40.2 Å². The Morgan fingerprint density at radius 2 is 1.73 bits per heavy atom. The van der Waals surface area contributed by atoms with Gasteiger partial charge < -0.3 is 5.32 Å². The van der Waals surface area contributed by atoms with Gasteiger partial charge in [-0.2, -0.15) is 9.61 Å². The molecule has 6 nitrogen and oxygen atoms in total. The largest absolute Gasteiger partial charge is 0.340 e. The number of nitrogens with one attached hydrogen (secondary N) is 1. The number of nitrogens with zero attached hydrogens (tertiary/aromatic N) is 3. The Morgan fingerprint density at radius 3 is 2.42 bits per heavy atom. The van der Waals surface area contributed by atoms with Gasteiger partial charge in [-0.1, -0.05) is 30.3 Å². The van der Waals surface area contributed by atoms with E-state index in [2.05, 4.69) is 31.3 Å². The Labute approximate surface area is 159 Å². The molecule has 0 aliphatic carbocycles. The number of hydrogen-bond acceptors (Lipinski definition) is 5. The number of halogens is 1. The van der Waals surface area contributed by atoms with E-state index in [1.165, 1.54) is 0 Å². The van der Waals surface area contributed by atoms with Crippen molar-refractivity contribution in [3.63, 3.8) is 0 Å². The predicted molar refractivity (Wildman–Crippen MR) is 104 cm³/mol. The van der Waals surface area contributed by atoms with E-state index in [1.54, 1.807) is 35.0 Å². The lowest BCUT2D eigenvalue weighted by molar-refractivity contribution is 0.614. The number of thiol groups is 1. The molecular formula is C18H13BrN4O2S. The number of hydrogen-bond donors (Lipinski definition) is 2. The second-order valence-electron chi connectivity index (χ2n) is 5.55. The molecule has 0 bridgehead atoms. The third kappa shape index (κ3) is 3.21. The van der Waals surface area contributed by atoms with Crippen LogP contribution in [0.3, 0.4) is 0 Å². The van der Waals surface area contributed by atoms with Gasteiger partial charge in [-0.15, -0.1) is 0 Å². The molecule has 1 N–H and O–H groups in total. The Bertz CT molecular complexity index is 1150. The summed E-state index contributed by atoms with van der Waals surface area (Å²) in [5.41, 5.74) is 3.24. The van der Waals surface area contributed by atoms with Crippen LogP contribution in [0.1, 0.15) is 0 Å². The molecule has 0 radical (unpaired) electrons. The van der Waals surface area contributed by atoms with Crippen molar-refractivity contribution < 1.29 is 8.42 Å². The average Bonchev–Trinajstić information content (AvgIpc) is 3.04. The minimum absolute atomic E-state index is 0.275. The summed E-state index contributed by atoms with van der Waals surface area (Å²) in [6.45, 7) is 0. The minimum atomic E-state index is -2.59. The van der Waals surface area contributed by atoms with Crippen LogP contribution in [0.25, 0.3) is 16.9 Å². The Hall–Kier alpha value is -2.71. The van der Waals surface area contributed by atoms with Crippen LogP contribution < -0.4 is 5.32 Å². The van der Waals surface area contributed by atoms with E-state index in [-0.39, 0.29) is 4.90 Å². The molecule has 0 saturated heterocycles. The van der Waals surface area contributed by atoms with Crippen LogP contribution >= 0.6 is 15.9 Å². The lowest BCUT2D eigenvalue weighted by Gasteiger charge is -2.11. The first-order valence-corrected chi connectivity index (χ1v) is 9.70. The summed E-state index contributed by atoms with van der Waals surface area (Å²) in [5, 5.41) is 7.62. The molecule has 0 fully saturated rings. The SMILES string of the molecule is O=[SH](=O)c1ccc(Nc2cc(-c3ccccc3)nc3c(Br)cnn23)cc1. The van der Waals surface area contributed by atoms with Gasteiger partial charge in [0.1, 0.15) is 5.82 Å². The van der Waals surface area contributed by atoms with Crippen molar-refractivity contribution in [1.29, 1.82) is 0 Å². The van der Waals surface area contributed by atoms with Gasteiger partial charge in [-0.25, -0.2) is 13.4 Å². The van der Waals surface area contributed by atoms with Crippen LogP contribution in [0.5, 0.6) is 0 Å².